The fourth-order valence-corrected chi connectivity index (χ4v) is 2.15. The van der Waals surface area contributed by atoms with E-state index in [-0.39, 0.29) is 6.04 Å². The van der Waals surface area contributed by atoms with Gasteiger partial charge in [-0.05, 0) is 28.1 Å². The number of furan rings is 1. The van der Waals surface area contributed by atoms with E-state index in [1.807, 2.05) is 30.3 Å². The molecular weight excluding hydrogens is 284 g/mol. The fraction of sp³-hybridized carbons (Fsp3) is 0.167. The van der Waals surface area contributed by atoms with Gasteiger partial charge < -0.3 is 9.15 Å². The van der Waals surface area contributed by atoms with E-state index >= 15 is 0 Å². The Balaban J connectivity index is 2.46. The standard InChI is InChI=1S/C12H13BrN2O2/c1-16-10-5-3-2-4-8(10)11(15-14)12-9(13)6-7-17-12/h2-7,11,15H,14H2,1H3. The minimum absolute atomic E-state index is 0.254. The van der Waals surface area contributed by atoms with Gasteiger partial charge in [-0.3, -0.25) is 5.84 Å². The molecule has 1 heterocycles. The van der Waals surface area contributed by atoms with Crippen LogP contribution in [-0.2, 0) is 0 Å². The molecule has 0 aliphatic carbocycles. The summed E-state index contributed by atoms with van der Waals surface area (Å²) in [6.07, 6.45) is 1.61. The zero-order chi connectivity index (χ0) is 12.3. The molecule has 0 aliphatic heterocycles. The van der Waals surface area contributed by atoms with Crippen molar-refractivity contribution in [3.8, 4) is 5.75 Å². The minimum atomic E-state index is -0.254. The van der Waals surface area contributed by atoms with E-state index in [4.69, 9.17) is 15.0 Å². The first-order chi connectivity index (χ1) is 8.27. The van der Waals surface area contributed by atoms with Crippen molar-refractivity contribution in [1.29, 1.82) is 0 Å². The number of para-hydroxylation sites is 1. The lowest BCUT2D eigenvalue weighted by Crippen LogP contribution is -2.29. The van der Waals surface area contributed by atoms with Gasteiger partial charge in [-0.25, -0.2) is 5.43 Å². The van der Waals surface area contributed by atoms with Crippen molar-refractivity contribution in [3.05, 3.63) is 52.4 Å². The van der Waals surface area contributed by atoms with Gasteiger partial charge in [-0.15, -0.1) is 0 Å². The molecular formula is C12H13BrN2O2. The zero-order valence-electron chi connectivity index (χ0n) is 9.31. The molecule has 2 rings (SSSR count). The third kappa shape index (κ3) is 2.36. The summed E-state index contributed by atoms with van der Waals surface area (Å²) in [4.78, 5) is 0. The molecule has 17 heavy (non-hydrogen) atoms. The van der Waals surface area contributed by atoms with Crippen molar-refractivity contribution >= 4 is 15.9 Å². The summed E-state index contributed by atoms with van der Waals surface area (Å²) >= 11 is 3.42. The summed E-state index contributed by atoms with van der Waals surface area (Å²) in [6, 6.07) is 9.24. The molecule has 0 fully saturated rings. The minimum Gasteiger partial charge on any atom is -0.496 e. The summed E-state index contributed by atoms with van der Waals surface area (Å²) in [5, 5.41) is 0. The highest BCUT2D eigenvalue weighted by molar-refractivity contribution is 9.10. The lowest BCUT2D eigenvalue weighted by molar-refractivity contribution is 0.393. The molecule has 2 aromatic rings. The van der Waals surface area contributed by atoms with Gasteiger partial charge in [-0.2, -0.15) is 0 Å². The van der Waals surface area contributed by atoms with Crippen LogP contribution in [0.15, 0.2) is 45.5 Å². The molecule has 0 radical (unpaired) electrons. The smallest absolute Gasteiger partial charge is 0.140 e. The molecule has 5 heteroatoms. The van der Waals surface area contributed by atoms with Gasteiger partial charge in [0.15, 0.2) is 0 Å². The van der Waals surface area contributed by atoms with Crippen LogP contribution >= 0.6 is 15.9 Å². The summed E-state index contributed by atoms with van der Waals surface area (Å²) in [6.45, 7) is 0. The second-order valence-corrected chi connectivity index (χ2v) is 4.33. The Morgan fingerprint density at radius 3 is 2.71 bits per heavy atom. The molecule has 4 nitrogen and oxygen atoms in total. The second-order valence-electron chi connectivity index (χ2n) is 3.47. The number of nitrogens with two attached hydrogens (primary N) is 1. The highest BCUT2D eigenvalue weighted by Gasteiger charge is 2.21. The normalized spacial score (nSPS) is 12.4. The Bertz CT molecular complexity index is 499. The number of hydrazine groups is 1. The Morgan fingerprint density at radius 1 is 1.35 bits per heavy atom. The topological polar surface area (TPSA) is 60.4 Å². The Hall–Kier alpha value is -1.30. The van der Waals surface area contributed by atoms with E-state index in [0.29, 0.717) is 0 Å². The maximum Gasteiger partial charge on any atom is 0.140 e. The lowest BCUT2D eigenvalue weighted by Gasteiger charge is -2.17. The lowest BCUT2D eigenvalue weighted by atomic mass is 10.0. The van der Waals surface area contributed by atoms with Gasteiger partial charge in [-0.1, -0.05) is 18.2 Å². The van der Waals surface area contributed by atoms with E-state index in [1.54, 1.807) is 13.4 Å². The number of halogens is 1. The average molecular weight is 297 g/mol. The number of benzene rings is 1. The van der Waals surface area contributed by atoms with E-state index in [9.17, 15) is 0 Å². The Labute approximate surface area is 108 Å². The van der Waals surface area contributed by atoms with Crippen LogP contribution in [0.3, 0.4) is 0 Å². The highest BCUT2D eigenvalue weighted by atomic mass is 79.9. The fourth-order valence-electron chi connectivity index (χ4n) is 1.72. The van der Waals surface area contributed by atoms with Crippen LogP contribution in [0.5, 0.6) is 5.75 Å². The third-order valence-corrected chi connectivity index (χ3v) is 3.18. The molecule has 1 atom stereocenters. The maximum atomic E-state index is 5.60. The van der Waals surface area contributed by atoms with Gasteiger partial charge in [0, 0.05) is 5.56 Å². The Morgan fingerprint density at radius 2 is 2.12 bits per heavy atom. The summed E-state index contributed by atoms with van der Waals surface area (Å²) in [5.74, 6) is 7.08. The predicted molar refractivity (Wildman–Crippen MR) is 68.6 cm³/mol. The summed E-state index contributed by atoms with van der Waals surface area (Å²) in [7, 11) is 1.63. The molecule has 0 saturated heterocycles. The van der Waals surface area contributed by atoms with E-state index in [0.717, 1.165) is 21.5 Å². The molecule has 0 aliphatic rings. The van der Waals surface area contributed by atoms with Crippen LogP contribution in [-0.4, -0.2) is 7.11 Å². The number of methoxy groups -OCH3 is 1. The number of nitrogens with one attached hydrogen (secondary N) is 1. The molecule has 0 bridgehead atoms. The van der Waals surface area contributed by atoms with Crippen LogP contribution < -0.4 is 16.0 Å². The van der Waals surface area contributed by atoms with E-state index in [2.05, 4.69) is 21.4 Å². The van der Waals surface area contributed by atoms with Crippen molar-refractivity contribution in [2.24, 2.45) is 5.84 Å². The van der Waals surface area contributed by atoms with Crippen LogP contribution in [0.4, 0.5) is 0 Å². The monoisotopic (exact) mass is 296 g/mol. The molecule has 0 saturated carbocycles. The molecule has 0 amide bonds. The average Bonchev–Trinajstić information content (AvgIpc) is 2.78. The SMILES string of the molecule is COc1ccccc1C(NN)c1occc1Br. The number of rotatable bonds is 4. The van der Waals surface area contributed by atoms with Gasteiger partial charge in [0.25, 0.3) is 0 Å². The van der Waals surface area contributed by atoms with Gasteiger partial charge >= 0.3 is 0 Å². The molecule has 90 valence electrons. The van der Waals surface area contributed by atoms with Crippen molar-refractivity contribution < 1.29 is 9.15 Å². The molecule has 1 aromatic heterocycles. The number of hydrogen-bond acceptors (Lipinski definition) is 4. The quantitative estimate of drug-likeness (QED) is 0.672. The van der Waals surface area contributed by atoms with Crippen LogP contribution in [0.1, 0.15) is 17.4 Å². The summed E-state index contributed by atoms with van der Waals surface area (Å²) < 4.78 is 11.6. The second kappa shape index (κ2) is 5.35. The molecule has 3 N–H and O–H groups in total. The van der Waals surface area contributed by atoms with E-state index < -0.39 is 0 Å². The van der Waals surface area contributed by atoms with Crippen molar-refractivity contribution in [1.82, 2.24) is 5.43 Å². The van der Waals surface area contributed by atoms with Gasteiger partial charge in [0.05, 0.1) is 17.8 Å². The van der Waals surface area contributed by atoms with Crippen LogP contribution in [0.25, 0.3) is 0 Å². The third-order valence-electron chi connectivity index (χ3n) is 2.52. The van der Waals surface area contributed by atoms with Gasteiger partial charge in [0.1, 0.15) is 17.6 Å². The van der Waals surface area contributed by atoms with Crippen LogP contribution in [0.2, 0.25) is 0 Å². The first-order valence-electron chi connectivity index (χ1n) is 5.10. The maximum absolute atomic E-state index is 5.60. The molecule has 1 unspecified atom stereocenters. The zero-order valence-corrected chi connectivity index (χ0v) is 10.9. The van der Waals surface area contributed by atoms with Crippen molar-refractivity contribution in [2.75, 3.05) is 7.11 Å². The van der Waals surface area contributed by atoms with Crippen molar-refractivity contribution in [2.45, 2.75) is 6.04 Å². The number of ether oxygens (including phenoxy) is 1. The van der Waals surface area contributed by atoms with Crippen molar-refractivity contribution in [3.63, 3.8) is 0 Å². The molecule has 1 aromatic carbocycles. The van der Waals surface area contributed by atoms with Crippen LogP contribution in [0, 0.1) is 0 Å². The first kappa shape index (κ1) is 12.2. The van der Waals surface area contributed by atoms with E-state index in [1.165, 1.54) is 0 Å². The predicted octanol–water partition coefficient (Wildman–Crippen LogP) is 2.60. The highest BCUT2D eigenvalue weighted by Crippen LogP contribution is 2.33. The van der Waals surface area contributed by atoms with Gasteiger partial charge in [0.2, 0.25) is 0 Å². The largest absolute Gasteiger partial charge is 0.496 e. The molecule has 0 spiro atoms. The number of hydrogen-bond donors (Lipinski definition) is 2. The summed E-state index contributed by atoms with van der Waals surface area (Å²) in [5.41, 5.74) is 3.66. The Kier molecular flexibility index (Phi) is 3.83. The first-order valence-corrected chi connectivity index (χ1v) is 5.89.